The van der Waals surface area contributed by atoms with E-state index in [4.69, 9.17) is 14.2 Å². The maximum atomic E-state index is 12.8. The summed E-state index contributed by atoms with van der Waals surface area (Å²) in [5.74, 6) is -1.03. The monoisotopic (exact) mass is 877 g/mol. The molecule has 0 saturated carbocycles. The smallest absolute Gasteiger partial charge is 0.306 e. The summed E-state index contributed by atoms with van der Waals surface area (Å²) in [6.45, 7) is 6.48. The van der Waals surface area contributed by atoms with Crippen LogP contribution < -0.4 is 0 Å². The zero-order chi connectivity index (χ0) is 45.8. The lowest BCUT2D eigenvalue weighted by Gasteiger charge is -2.18. The average molecular weight is 877 g/mol. The molecule has 360 valence electrons. The fourth-order valence-corrected chi connectivity index (χ4v) is 6.87. The number of rotatable bonds is 46. The highest BCUT2D eigenvalue weighted by Crippen LogP contribution is 2.12. The van der Waals surface area contributed by atoms with E-state index in [-0.39, 0.29) is 44.0 Å². The summed E-state index contributed by atoms with van der Waals surface area (Å²) < 4.78 is 16.7. The van der Waals surface area contributed by atoms with Gasteiger partial charge in [-0.05, 0) is 103 Å². The number of hydrogen-bond donors (Lipinski definition) is 0. The van der Waals surface area contributed by atoms with Crippen molar-refractivity contribution in [2.24, 2.45) is 0 Å². The summed E-state index contributed by atoms with van der Waals surface area (Å²) in [7, 11) is 0. The van der Waals surface area contributed by atoms with Crippen LogP contribution in [0.3, 0.4) is 0 Å². The predicted octanol–water partition coefficient (Wildman–Crippen LogP) is 17.2. The molecule has 0 radical (unpaired) electrons. The topological polar surface area (TPSA) is 78.9 Å². The van der Waals surface area contributed by atoms with Gasteiger partial charge in [-0.25, -0.2) is 0 Å². The average Bonchev–Trinajstić information content (AvgIpc) is 3.28. The Labute approximate surface area is 388 Å². The first-order chi connectivity index (χ1) is 31.0. The highest BCUT2D eigenvalue weighted by atomic mass is 16.6. The van der Waals surface area contributed by atoms with Crippen LogP contribution in [0.2, 0.25) is 0 Å². The molecule has 0 aliphatic heterocycles. The van der Waals surface area contributed by atoms with Gasteiger partial charge in [0.25, 0.3) is 0 Å². The van der Waals surface area contributed by atoms with Crippen LogP contribution in [0.25, 0.3) is 0 Å². The molecule has 0 rings (SSSR count). The van der Waals surface area contributed by atoms with Crippen LogP contribution in [0.15, 0.2) is 85.1 Å². The minimum absolute atomic E-state index is 0.122. The van der Waals surface area contributed by atoms with Crippen molar-refractivity contribution in [3.63, 3.8) is 0 Å². The molecular weight excluding hydrogens is 781 g/mol. The van der Waals surface area contributed by atoms with Crippen molar-refractivity contribution in [3.05, 3.63) is 85.1 Å². The SMILES string of the molecule is CCCC/C=C\CCCCCCCC(=O)OC(COC(=O)CCC/C=C\C/C=C\C/C=C\CCCCCCCC)COC(=O)CCC/C=C\C/C=C\C/C=C\CCCCCCCC. The lowest BCUT2D eigenvalue weighted by molar-refractivity contribution is -0.167. The van der Waals surface area contributed by atoms with Crippen LogP contribution >= 0.6 is 0 Å². The zero-order valence-electron chi connectivity index (χ0n) is 41.1. The van der Waals surface area contributed by atoms with Gasteiger partial charge in [-0.2, -0.15) is 0 Å². The van der Waals surface area contributed by atoms with Crippen molar-refractivity contribution in [1.29, 1.82) is 0 Å². The minimum atomic E-state index is -0.820. The van der Waals surface area contributed by atoms with Gasteiger partial charge >= 0.3 is 17.9 Å². The maximum absolute atomic E-state index is 12.8. The Balaban J connectivity index is 4.51. The van der Waals surface area contributed by atoms with Crippen molar-refractivity contribution in [2.45, 2.75) is 245 Å². The third-order valence-electron chi connectivity index (χ3n) is 10.8. The Morgan fingerprint density at radius 2 is 0.603 bits per heavy atom. The van der Waals surface area contributed by atoms with E-state index in [2.05, 4.69) is 106 Å². The van der Waals surface area contributed by atoms with E-state index in [0.29, 0.717) is 19.3 Å². The second-order valence-electron chi connectivity index (χ2n) is 17.1. The molecule has 0 heterocycles. The molecule has 0 amide bonds. The van der Waals surface area contributed by atoms with E-state index in [9.17, 15) is 14.4 Å². The molecule has 0 atom stereocenters. The summed E-state index contributed by atoms with van der Waals surface area (Å²) >= 11 is 0. The second-order valence-corrected chi connectivity index (χ2v) is 17.1. The number of carbonyl (C=O) groups excluding carboxylic acids is 3. The Hall–Kier alpha value is -3.41. The summed E-state index contributed by atoms with van der Waals surface area (Å²) in [6, 6.07) is 0. The Kier molecular flexibility index (Phi) is 48.5. The molecule has 0 aliphatic rings. The molecule has 0 N–H and O–H groups in total. The van der Waals surface area contributed by atoms with Crippen molar-refractivity contribution in [3.8, 4) is 0 Å². The van der Waals surface area contributed by atoms with Gasteiger partial charge in [-0.15, -0.1) is 0 Å². The van der Waals surface area contributed by atoms with Gasteiger partial charge in [0.2, 0.25) is 0 Å². The molecule has 0 saturated heterocycles. The third kappa shape index (κ3) is 49.5. The minimum Gasteiger partial charge on any atom is -0.462 e. The van der Waals surface area contributed by atoms with E-state index in [0.717, 1.165) is 70.6 Å². The van der Waals surface area contributed by atoms with Crippen LogP contribution in [0.1, 0.15) is 239 Å². The number of ether oxygens (including phenoxy) is 3. The van der Waals surface area contributed by atoms with Crippen LogP contribution in [-0.2, 0) is 28.6 Å². The molecule has 0 bridgehead atoms. The first-order valence-electron chi connectivity index (χ1n) is 26.1. The first kappa shape index (κ1) is 59.6. The van der Waals surface area contributed by atoms with Crippen molar-refractivity contribution < 1.29 is 28.6 Å². The summed E-state index contributed by atoms with van der Waals surface area (Å²) in [5.41, 5.74) is 0. The maximum Gasteiger partial charge on any atom is 0.306 e. The van der Waals surface area contributed by atoms with Gasteiger partial charge in [0.15, 0.2) is 6.10 Å². The van der Waals surface area contributed by atoms with E-state index in [1.807, 2.05) is 0 Å². The molecule has 0 aromatic rings. The number of unbranched alkanes of at least 4 members (excludes halogenated alkanes) is 21. The molecule has 0 aromatic carbocycles. The van der Waals surface area contributed by atoms with Gasteiger partial charge in [-0.3, -0.25) is 14.4 Å². The predicted molar refractivity (Wildman–Crippen MR) is 270 cm³/mol. The van der Waals surface area contributed by atoms with Crippen molar-refractivity contribution in [2.75, 3.05) is 13.2 Å². The Bertz CT molecular complexity index is 1160. The number of allylic oxidation sites excluding steroid dienone is 14. The van der Waals surface area contributed by atoms with Gasteiger partial charge in [0.05, 0.1) is 0 Å². The standard InChI is InChI=1S/C57H96O6/c1-4-7-10-13-16-19-22-24-26-28-30-32-35-37-40-43-46-49-55(58)61-52-54(63-57(60)51-48-45-42-39-34-21-18-15-12-9-6-3)53-62-56(59)50-47-44-41-38-36-33-31-29-27-25-23-20-17-14-11-8-5-2/h15,18,24-27,30-33,37-38,40-41,54H,4-14,16-17,19-23,28-29,34-36,39,42-53H2,1-3H3/b18-15-,26-24-,27-25-,32-30-,33-31-,40-37-,41-38-. The molecule has 0 spiro atoms. The Morgan fingerprint density at radius 1 is 0.317 bits per heavy atom. The van der Waals surface area contributed by atoms with Gasteiger partial charge in [-0.1, -0.05) is 202 Å². The van der Waals surface area contributed by atoms with Gasteiger partial charge < -0.3 is 14.2 Å². The van der Waals surface area contributed by atoms with Crippen molar-refractivity contribution >= 4 is 17.9 Å². The number of hydrogen-bond acceptors (Lipinski definition) is 6. The normalized spacial score (nSPS) is 12.3. The van der Waals surface area contributed by atoms with Crippen molar-refractivity contribution in [1.82, 2.24) is 0 Å². The number of esters is 3. The first-order valence-corrected chi connectivity index (χ1v) is 26.1. The lowest BCUT2D eigenvalue weighted by atomic mass is 10.1. The molecule has 0 aromatic heterocycles. The highest BCUT2D eigenvalue weighted by molar-refractivity contribution is 5.71. The summed E-state index contributed by atoms with van der Waals surface area (Å²) in [5, 5.41) is 0. The zero-order valence-corrected chi connectivity index (χ0v) is 41.1. The summed E-state index contributed by atoms with van der Waals surface area (Å²) in [6.07, 6.45) is 65.8. The van der Waals surface area contributed by atoms with Crippen LogP contribution in [0, 0.1) is 0 Å². The van der Waals surface area contributed by atoms with E-state index in [1.54, 1.807) is 0 Å². The third-order valence-corrected chi connectivity index (χ3v) is 10.8. The number of carbonyl (C=O) groups is 3. The molecule has 0 unspecified atom stereocenters. The summed E-state index contributed by atoms with van der Waals surface area (Å²) in [4.78, 5) is 37.9. The molecular formula is C57H96O6. The van der Waals surface area contributed by atoms with E-state index in [1.165, 1.54) is 116 Å². The van der Waals surface area contributed by atoms with Gasteiger partial charge in [0, 0.05) is 19.3 Å². The fraction of sp³-hybridized carbons (Fsp3) is 0.702. The second kappa shape index (κ2) is 51.2. The highest BCUT2D eigenvalue weighted by Gasteiger charge is 2.19. The lowest BCUT2D eigenvalue weighted by Crippen LogP contribution is -2.30. The Morgan fingerprint density at radius 3 is 1.00 bits per heavy atom. The van der Waals surface area contributed by atoms with Crippen LogP contribution in [0.5, 0.6) is 0 Å². The van der Waals surface area contributed by atoms with E-state index < -0.39 is 6.10 Å². The van der Waals surface area contributed by atoms with E-state index >= 15 is 0 Å². The molecule has 0 aliphatic carbocycles. The quantitative estimate of drug-likeness (QED) is 0.0262. The molecule has 63 heavy (non-hydrogen) atoms. The molecule has 6 nitrogen and oxygen atoms in total. The van der Waals surface area contributed by atoms with Crippen LogP contribution in [0.4, 0.5) is 0 Å². The van der Waals surface area contributed by atoms with Crippen LogP contribution in [-0.4, -0.2) is 37.2 Å². The largest absolute Gasteiger partial charge is 0.462 e. The molecule has 0 fully saturated rings. The van der Waals surface area contributed by atoms with Gasteiger partial charge in [0.1, 0.15) is 13.2 Å². The fourth-order valence-electron chi connectivity index (χ4n) is 6.87. The molecule has 6 heteroatoms.